The van der Waals surface area contributed by atoms with E-state index in [0.717, 1.165) is 38.4 Å². The fraction of sp³-hybridized carbons (Fsp3) is 0.500. The van der Waals surface area contributed by atoms with Gasteiger partial charge in [0.15, 0.2) is 11.6 Å². The summed E-state index contributed by atoms with van der Waals surface area (Å²) in [6.45, 7) is 4.54. The van der Waals surface area contributed by atoms with E-state index >= 15 is 0 Å². The maximum Gasteiger partial charge on any atom is 0.179 e. The van der Waals surface area contributed by atoms with Crippen molar-refractivity contribution in [2.75, 3.05) is 30.3 Å². The number of halogens is 1. The zero-order valence-corrected chi connectivity index (χ0v) is 16.0. The van der Waals surface area contributed by atoms with Crippen LogP contribution in [0.1, 0.15) is 19.8 Å². The van der Waals surface area contributed by atoms with Crippen LogP contribution in [0.15, 0.2) is 34.6 Å². The van der Waals surface area contributed by atoms with Gasteiger partial charge in [-0.1, -0.05) is 11.8 Å². The molecule has 0 aliphatic carbocycles. The molecule has 144 valence electrons. The number of nitrogens with two attached hydrogens (primary N) is 2. The Morgan fingerprint density at radius 3 is 2.67 bits per heavy atom. The summed E-state index contributed by atoms with van der Waals surface area (Å²) >= 11 is 1.18. The minimum Gasteiger partial charge on any atom is -0.381 e. The minimum atomic E-state index is -0.529. The third-order valence-electron chi connectivity index (χ3n) is 5.64. The summed E-state index contributed by atoms with van der Waals surface area (Å²) < 4.78 is 19.7. The normalized spacial score (nSPS) is 24.5. The number of rotatable bonds is 3. The van der Waals surface area contributed by atoms with E-state index in [0.29, 0.717) is 9.92 Å². The van der Waals surface area contributed by atoms with Crippen molar-refractivity contribution in [3.8, 4) is 0 Å². The second-order valence-corrected chi connectivity index (χ2v) is 8.28. The molecule has 0 radical (unpaired) electrons. The molecule has 7 nitrogen and oxygen atoms in total. The number of hydrogen-bond acceptors (Lipinski definition) is 8. The molecule has 1 spiro atoms. The first-order valence-corrected chi connectivity index (χ1v) is 9.82. The number of hydrogen-bond donors (Lipinski definition) is 2. The van der Waals surface area contributed by atoms with Gasteiger partial charge in [-0.3, -0.25) is 0 Å². The van der Waals surface area contributed by atoms with Gasteiger partial charge in [0.1, 0.15) is 10.8 Å². The van der Waals surface area contributed by atoms with Gasteiger partial charge in [-0.15, -0.1) is 0 Å². The molecule has 27 heavy (non-hydrogen) atoms. The maximum absolute atomic E-state index is 14.0. The molecule has 9 heteroatoms. The van der Waals surface area contributed by atoms with E-state index in [2.05, 4.69) is 19.9 Å². The summed E-state index contributed by atoms with van der Waals surface area (Å²) in [5.74, 6) is 0.179. The van der Waals surface area contributed by atoms with Gasteiger partial charge in [0.2, 0.25) is 0 Å². The molecule has 0 unspecified atom stereocenters. The van der Waals surface area contributed by atoms with Gasteiger partial charge in [-0.05, 0) is 25.8 Å². The molecule has 0 saturated carbocycles. The SMILES string of the molecule is C[C@@H]1OCC2(CCN(c3cnc(Sc4ccnc(N)c4F)cn3)CC2)[C@@H]1N. The molecule has 0 aromatic carbocycles. The molecular formula is C18H23FN6OS. The standard InChI is InChI=1S/C18H23FN6OS/c1-11-16(20)18(10-26-11)3-6-25(7-4-18)13-8-24-14(9-23-13)27-12-2-5-22-17(21)15(12)19/h2,5,8-9,11,16H,3-4,6-7,10,20H2,1H3,(H2,21,22)/t11-,16+/m0/s1. The van der Waals surface area contributed by atoms with Crippen molar-refractivity contribution in [1.29, 1.82) is 0 Å². The molecule has 2 saturated heterocycles. The van der Waals surface area contributed by atoms with E-state index in [9.17, 15) is 4.39 Å². The highest BCUT2D eigenvalue weighted by Gasteiger charge is 2.47. The average molecular weight is 390 g/mol. The first kappa shape index (κ1) is 18.4. The lowest BCUT2D eigenvalue weighted by Gasteiger charge is -2.41. The Labute approximate surface area is 161 Å². The molecule has 4 N–H and O–H groups in total. The third kappa shape index (κ3) is 3.46. The lowest BCUT2D eigenvalue weighted by atomic mass is 9.73. The second-order valence-electron chi connectivity index (χ2n) is 7.21. The number of aromatic nitrogens is 3. The smallest absolute Gasteiger partial charge is 0.179 e. The highest BCUT2D eigenvalue weighted by atomic mass is 32.2. The van der Waals surface area contributed by atoms with Crippen molar-refractivity contribution < 1.29 is 9.13 Å². The third-order valence-corrected chi connectivity index (χ3v) is 6.59. The number of piperidine rings is 1. The topological polar surface area (TPSA) is 103 Å². The highest BCUT2D eigenvalue weighted by molar-refractivity contribution is 7.99. The summed E-state index contributed by atoms with van der Waals surface area (Å²) in [5, 5.41) is 0.608. The maximum atomic E-state index is 14.0. The molecule has 2 aliphatic rings. The van der Waals surface area contributed by atoms with Crippen LogP contribution in [-0.2, 0) is 4.74 Å². The average Bonchev–Trinajstić information content (AvgIpc) is 2.95. The zero-order valence-electron chi connectivity index (χ0n) is 15.1. The highest BCUT2D eigenvalue weighted by Crippen LogP contribution is 2.41. The van der Waals surface area contributed by atoms with Gasteiger partial charge >= 0.3 is 0 Å². The first-order valence-electron chi connectivity index (χ1n) is 9.00. The summed E-state index contributed by atoms with van der Waals surface area (Å²) in [6.07, 6.45) is 6.96. The van der Waals surface area contributed by atoms with Crippen molar-refractivity contribution in [3.63, 3.8) is 0 Å². The summed E-state index contributed by atoms with van der Waals surface area (Å²) in [4.78, 5) is 15.3. The quantitative estimate of drug-likeness (QED) is 0.821. The molecular weight excluding hydrogens is 367 g/mol. The zero-order chi connectivity index (χ0) is 19.0. The molecule has 2 atom stereocenters. The van der Waals surface area contributed by atoms with Crippen molar-refractivity contribution in [2.24, 2.45) is 11.1 Å². The van der Waals surface area contributed by atoms with Crippen molar-refractivity contribution in [1.82, 2.24) is 15.0 Å². The van der Waals surface area contributed by atoms with E-state index < -0.39 is 5.82 Å². The van der Waals surface area contributed by atoms with E-state index in [4.69, 9.17) is 16.2 Å². The van der Waals surface area contributed by atoms with Gasteiger partial charge in [0, 0.05) is 30.7 Å². The second kappa shape index (κ2) is 7.21. The van der Waals surface area contributed by atoms with Gasteiger partial charge in [-0.25, -0.2) is 19.3 Å². The van der Waals surface area contributed by atoms with Crippen LogP contribution >= 0.6 is 11.8 Å². The number of pyridine rings is 1. The van der Waals surface area contributed by atoms with Crippen LogP contribution in [0, 0.1) is 11.2 Å². The first-order chi connectivity index (χ1) is 13.0. The Kier molecular flexibility index (Phi) is 4.92. The van der Waals surface area contributed by atoms with E-state index in [1.807, 2.05) is 6.92 Å². The van der Waals surface area contributed by atoms with Crippen LogP contribution in [0.25, 0.3) is 0 Å². The lowest BCUT2D eigenvalue weighted by molar-refractivity contribution is 0.0974. The van der Waals surface area contributed by atoms with Gasteiger partial charge in [-0.2, -0.15) is 0 Å². The van der Waals surface area contributed by atoms with Crippen LogP contribution < -0.4 is 16.4 Å². The Morgan fingerprint density at radius 1 is 1.26 bits per heavy atom. The molecule has 4 rings (SSSR count). The minimum absolute atomic E-state index is 0.0813. The van der Waals surface area contributed by atoms with Crippen LogP contribution in [0.2, 0.25) is 0 Å². The monoisotopic (exact) mass is 390 g/mol. The Bertz CT molecular complexity index is 812. The number of ether oxygens (including phenoxy) is 1. The molecule has 4 heterocycles. The van der Waals surface area contributed by atoms with Crippen molar-refractivity contribution >= 4 is 23.4 Å². The van der Waals surface area contributed by atoms with E-state index in [1.54, 1.807) is 18.5 Å². The number of anilines is 2. The van der Waals surface area contributed by atoms with Crippen LogP contribution in [0.4, 0.5) is 16.0 Å². The number of nitrogen functional groups attached to an aromatic ring is 1. The lowest BCUT2D eigenvalue weighted by Crippen LogP contribution is -2.50. The summed E-state index contributed by atoms with van der Waals surface area (Å²) in [5.41, 5.74) is 12.0. The molecule has 2 fully saturated rings. The van der Waals surface area contributed by atoms with Crippen LogP contribution in [0.3, 0.4) is 0 Å². The Morgan fingerprint density at radius 2 is 2.04 bits per heavy atom. The Hall–Kier alpha value is -1.97. The molecule has 2 aliphatic heterocycles. The summed E-state index contributed by atoms with van der Waals surface area (Å²) in [6, 6.07) is 1.66. The van der Waals surface area contributed by atoms with Crippen molar-refractivity contribution in [3.05, 3.63) is 30.5 Å². The predicted octanol–water partition coefficient (Wildman–Crippen LogP) is 2.08. The molecule has 2 aromatic rings. The fourth-order valence-corrected chi connectivity index (χ4v) is 4.57. The number of nitrogens with zero attached hydrogens (tertiary/aromatic N) is 4. The fourth-order valence-electron chi connectivity index (χ4n) is 3.81. The van der Waals surface area contributed by atoms with Gasteiger partial charge < -0.3 is 21.1 Å². The molecule has 0 amide bonds. The van der Waals surface area contributed by atoms with Gasteiger partial charge in [0.25, 0.3) is 0 Å². The van der Waals surface area contributed by atoms with Gasteiger partial charge in [0.05, 0.1) is 30.0 Å². The predicted molar refractivity (Wildman–Crippen MR) is 102 cm³/mol. The molecule has 2 aromatic heterocycles. The van der Waals surface area contributed by atoms with E-state index in [-0.39, 0.29) is 23.4 Å². The Balaban J connectivity index is 1.41. The summed E-state index contributed by atoms with van der Waals surface area (Å²) in [7, 11) is 0. The van der Waals surface area contributed by atoms with Crippen molar-refractivity contribution in [2.45, 2.75) is 41.8 Å². The largest absolute Gasteiger partial charge is 0.381 e. The van der Waals surface area contributed by atoms with Crippen LogP contribution in [0.5, 0.6) is 0 Å². The van der Waals surface area contributed by atoms with Crippen LogP contribution in [-0.4, -0.2) is 46.8 Å². The molecule has 0 bridgehead atoms. The van der Waals surface area contributed by atoms with E-state index in [1.165, 1.54) is 18.0 Å².